The van der Waals surface area contributed by atoms with Gasteiger partial charge >= 0.3 is 0 Å². The van der Waals surface area contributed by atoms with Crippen LogP contribution < -0.4 is 0 Å². The van der Waals surface area contributed by atoms with E-state index in [2.05, 4.69) is 19.1 Å². The van der Waals surface area contributed by atoms with Crippen LogP contribution in [0.15, 0.2) is 12.1 Å². The van der Waals surface area contributed by atoms with Gasteiger partial charge in [0.05, 0.1) is 6.61 Å². The summed E-state index contributed by atoms with van der Waals surface area (Å²) >= 11 is 1.81. The van der Waals surface area contributed by atoms with E-state index in [9.17, 15) is 4.79 Å². The molecule has 2 atom stereocenters. The average Bonchev–Trinajstić information content (AvgIpc) is 3.25. The number of carbonyl (C=O) groups excluding carboxylic acids is 1. The van der Waals surface area contributed by atoms with Crippen molar-refractivity contribution >= 4 is 17.2 Å². The molecule has 0 aromatic carbocycles. The van der Waals surface area contributed by atoms with Gasteiger partial charge in [-0.3, -0.25) is 4.79 Å². The fourth-order valence-electron chi connectivity index (χ4n) is 2.61. The summed E-state index contributed by atoms with van der Waals surface area (Å²) in [4.78, 5) is 17.0. The maximum Gasteiger partial charge on any atom is 0.226 e. The number of amides is 1. The van der Waals surface area contributed by atoms with Crippen LogP contribution in [0, 0.1) is 12.8 Å². The number of carbonyl (C=O) groups is 1. The molecule has 0 bridgehead atoms. The van der Waals surface area contributed by atoms with Crippen LogP contribution in [0.25, 0.3) is 0 Å². The molecule has 1 heterocycles. The van der Waals surface area contributed by atoms with Crippen molar-refractivity contribution in [2.24, 2.45) is 5.92 Å². The van der Waals surface area contributed by atoms with Gasteiger partial charge in [0.1, 0.15) is 0 Å². The van der Waals surface area contributed by atoms with Crippen molar-refractivity contribution in [3.63, 3.8) is 0 Å². The molecule has 1 amide bonds. The van der Waals surface area contributed by atoms with Crippen molar-refractivity contribution in [1.82, 2.24) is 4.90 Å². The third-order valence-electron chi connectivity index (χ3n) is 3.85. The third-order valence-corrected chi connectivity index (χ3v) is 4.98. The van der Waals surface area contributed by atoms with Crippen molar-refractivity contribution in [3.8, 4) is 0 Å². The van der Waals surface area contributed by atoms with E-state index in [-0.39, 0.29) is 18.4 Å². The number of aliphatic hydroxyl groups is 1. The van der Waals surface area contributed by atoms with Crippen LogP contribution in [0.5, 0.6) is 0 Å². The van der Waals surface area contributed by atoms with Crippen molar-refractivity contribution in [2.75, 3.05) is 13.2 Å². The van der Waals surface area contributed by atoms with Crippen LogP contribution in [0.4, 0.5) is 0 Å². The summed E-state index contributed by atoms with van der Waals surface area (Å²) < 4.78 is 0. The van der Waals surface area contributed by atoms with Gasteiger partial charge in [-0.25, -0.2) is 0 Å². The number of nitrogens with zero attached hydrogens (tertiary/aromatic N) is 1. The predicted molar refractivity (Wildman–Crippen MR) is 71.7 cm³/mol. The van der Waals surface area contributed by atoms with Gasteiger partial charge in [0, 0.05) is 34.2 Å². The summed E-state index contributed by atoms with van der Waals surface area (Å²) in [5.74, 6) is 0.883. The fraction of sp³-hybridized carbons (Fsp3) is 0.643. The molecular formula is C14H19NO2S. The quantitative estimate of drug-likeness (QED) is 0.886. The molecule has 98 valence electrons. The summed E-state index contributed by atoms with van der Waals surface area (Å²) in [6, 6.07) is 4.70. The van der Waals surface area contributed by atoms with Gasteiger partial charge in [-0.05, 0) is 38.3 Å². The fourth-order valence-corrected chi connectivity index (χ4v) is 3.67. The summed E-state index contributed by atoms with van der Waals surface area (Å²) in [5.41, 5.74) is 0. The molecular weight excluding hydrogens is 246 g/mol. The Morgan fingerprint density at radius 2 is 2.28 bits per heavy atom. The molecule has 1 N–H and O–H groups in total. The van der Waals surface area contributed by atoms with E-state index in [1.54, 1.807) is 0 Å². The largest absolute Gasteiger partial charge is 0.395 e. The monoisotopic (exact) mass is 265 g/mol. The molecule has 4 heteroatoms. The molecule has 0 aliphatic heterocycles. The van der Waals surface area contributed by atoms with Gasteiger partial charge < -0.3 is 10.0 Å². The van der Waals surface area contributed by atoms with Crippen molar-refractivity contribution < 1.29 is 9.90 Å². The Hall–Kier alpha value is -0.870. The predicted octanol–water partition coefficient (Wildman–Crippen LogP) is 2.14. The number of rotatable bonds is 5. The van der Waals surface area contributed by atoms with E-state index in [0.717, 1.165) is 19.3 Å². The van der Waals surface area contributed by atoms with E-state index in [4.69, 9.17) is 5.11 Å². The van der Waals surface area contributed by atoms with Gasteiger partial charge in [-0.1, -0.05) is 0 Å². The van der Waals surface area contributed by atoms with E-state index in [1.807, 2.05) is 16.2 Å². The topological polar surface area (TPSA) is 40.5 Å². The molecule has 2 unspecified atom stereocenters. The van der Waals surface area contributed by atoms with Crippen LogP contribution >= 0.6 is 11.3 Å². The maximum atomic E-state index is 12.4. The first-order valence-electron chi connectivity index (χ1n) is 6.68. The molecule has 2 aliphatic rings. The number of hydrogen-bond donors (Lipinski definition) is 1. The molecule has 18 heavy (non-hydrogen) atoms. The summed E-state index contributed by atoms with van der Waals surface area (Å²) in [5, 5.41) is 9.06. The van der Waals surface area contributed by atoms with Gasteiger partial charge in [-0.2, -0.15) is 0 Å². The normalized spacial score (nSPS) is 26.1. The lowest BCUT2D eigenvalue weighted by Gasteiger charge is -2.21. The average molecular weight is 265 g/mol. The molecule has 0 radical (unpaired) electrons. The Kier molecular flexibility index (Phi) is 3.16. The van der Waals surface area contributed by atoms with Gasteiger partial charge in [-0.15, -0.1) is 11.3 Å². The van der Waals surface area contributed by atoms with Crippen LogP contribution in [-0.2, 0) is 4.79 Å². The van der Waals surface area contributed by atoms with Crippen LogP contribution in [0.3, 0.4) is 0 Å². The zero-order valence-electron chi connectivity index (χ0n) is 10.6. The molecule has 3 rings (SSSR count). The van der Waals surface area contributed by atoms with Gasteiger partial charge in [0.15, 0.2) is 0 Å². The Morgan fingerprint density at radius 1 is 1.50 bits per heavy atom. The second-order valence-electron chi connectivity index (χ2n) is 5.38. The number of aliphatic hydroxyl groups excluding tert-OH is 1. The number of thiophene rings is 1. The molecule has 2 fully saturated rings. The van der Waals surface area contributed by atoms with E-state index < -0.39 is 0 Å². The first kappa shape index (κ1) is 12.2. The Labute approximate surface area is 111 Å². The third kappa shape index (κ3) is 2.31. The Bertz CT molecular complexity index is 452. The minimum Gasteiger partial charge on any atom is -0.395 e. The smallest absolute Gasteiger partial charge is 0.226 e. The lowest BCUT2D eigenvalue weighted by Crippen LogP contribution is -2.36. The summed E-state index contributed by atoms with van der Waals surface area (Å²) in [7, 11) is 0. The lowest BCUT2D eigenvalue weighted by molar-refractivity contribution is -0.133. The minimum atomic E-state index is 0.0811. The molecule has 2 aliphatic carbocycles. The standard InChI is InChI=1S/C14H19NO2S/c1-9-2-5-13(18-9)11-8-12(11)14(17)15(6-7-16)10-3-4-10/h2,5,10-12,16H,3-4,6-8H2,1H3. The van der Waals surface area contributed by atoms with Crippen molar-refractivity contribution in [1.29, 1.82) is 0 Å². The first-order chi connectivity index (χ1) is 8.70. The van der Waals surface area contributed by atoms with Crippen molar-refractivity contribution in [3.05, 3.63) is 21.9 Å². The van der Waals surface area contributed by atoms with Gasteiger partial charge in [0.2, 0.25) is 5.91 Å². The van der Waals surface area contributed by atoms with Gasteiger partial charge in [0.25, 0.3) is 0 Å². The van der Waals surface area contributed by atoms with E-state index in [0.29, 0.717) is 18.5 Å². The molecule has 2 saturated carbocycles. The molecule has 3 nitrogen and oxygen atoms in total. The summed E-state index contributed by atoms with van der Waals surface area (Å²) in [6.07, 6.45) is 3.22. The molecule has 0 saturated heterocycles. The number of aryl methyl sites for hydroxylation is 1. The highest BCUT2D eigenvalue weighted by molar-refractivity contribution is 7.12. The highest BCUT2D eigenvalue weighted by atomic mass is 32.1. The second kappa shape index (κ2) is 4.67. The minimum absolute atomic E-state index is 0.0811. The van der Waals surface area contributed by atoms with Crippen LogP contribution in [0.2, 0.25) is 0 Å². The molecule has 1 aromatic rings. The second-order valence-corrected chi connectivity index (χ2v) is 6.70. The zero-order valence-corrected chi connectivity index (χ0v) is 11.4. The first-order valence-corrected chi connectivity index (χ1v) is 7.50. The lowest BCUT2D eigenvalue weighted by atomic mass is 10.2. The maximum absolute atomic E-state index is 12.4. The highest BCUT2D eigenvalue weighted by Crippen LogP contribution is 2.51. The Morgan fingerprint density at radius 3 is 2.83 bits per heavy atom. The van der Waals surface area contributed by atoms with Crippen LogP contribution in [0.1, 0.15) is 34.9 Å². The summed E-state index contributed by atoms with van der Waals surface area (Å²) in [6.45, 7) is 2.70. The highest BCUT2D eigenvalue weighted by Gasteiger charge is 2.48. The van der Waals surface area contributed by atoms with Crippen molar-refractivity contribution in [2.45, 2.75) is 38.1 Å². The molecule has 1 aromatic heterocycles. The van der Waals surface area contributed by atoms with E-state index >= 15 is 0 Å². The number of hydrogen-bond acceptors (Lipinski definition) is 3. The molecule has 0 spiro atoms. The van der Waals surface area contributed by atoms with E-state index in [1.165, 1.54) is 9.75 Å². The SMILES string of the molecule is Cc1ccc(C2CC2C(=O)N(CCO)C2CC2)s1. The Balaban J connectivity index is 1.64. The van der Waals surface area contributed by atoms with Crippen LogP contribution in [-0.4, -0.2) is 35.1 Å². The zero-order chi connectivity index (χ0) is 12.7.